The first-order chi connectivity index (χ1) is 14.9. The highest BCUT2D eigenvalue weighted by atomic mass is 35.5. The van der Waals surface area contributed by atoms with E-state index in [0.717, 1.165) is 10.1 Å². The van der Waals surface area contributed by atoms with Crippen LogP contribution in [0.4, 0.5) is 0 Å². The van der Waals surface area contributed by atoms with Crippen molar-refractivity contribution in [2.45, 2.75) is 6.54 Å². The maximum absolute atomic E-state index is 13.0. The van der Waals surface area contributed by atoms with Crippen LogP contribution in [0.5, 0.6) is 11.8 Å². The van der Waals surface area contributed by atoms with Gasteiger partial charge < -0.3 is 9.94 Å². The van der Waals surface area contributed by atoms with E-state index in [1.807, 2.05) is 18.2 Å². The summed E-state index contributed by atoms with van der Waals surface area (Å²) in [5.41, 5.74) is 0.791. The third kappa shape index (κ3) is 3.71. The van der Waals surface area contributed by atoms with Crippen LogP contribution in [0.25, 0.3) is 11.2 Å². The molecule has 0 aliphatic carbocycles. The number of hydrogen-bond acceptors (Lipinski definition) is 6. The Morgan fingerprint density at radius 1 is 1.13 bits per heavy atom. The maximum atomic E-state index is 13.0. The van der Waals surface area contributed by atoms with E-state index in [2.05, 4.69) is 10.1 Å². The second kappa shape index (κ2) is 8.11. The molecular weight excluding hydrogens is 422 g/mol. The minimum absolute atomic E-state index is 0.117. The monoisotopic (exact) mass is 439 g/mol. The van der Waals surface area contributed by atoms with Gasteiger partial charge in [0.2, 0.25) is 0 Å². The molecule has 10 heteroatoms. The molecule has 31 heavy (non-hydrogen) atoms. The van der Waals surface area contributed by atoms with Crippen LogP contribution in [0.3, 0.4) is 0 Å². The van der Waals surface area contributed by atoms with Crippen molar-refractivity contribution >= 4 is 29.0 Å². The fourth-order valence-electron chi connectivity index (χ4n) is 3.28. The van der Waals surface area contributed by atoms with E-state index in [9.17, 15) is 9.59 Å². The van der Waals surface area contributed by atoms with E-state index in [4.69, 9.17) is 21.5 Å². The van der Waals surface area contributed by atoms with Gasteiger partial charge in [0.05, 0.1) is 12.8 Å². The molecule has 0 radical (unpaired) electrons. The smallest absolute Gasteiger partial charge is 0.332 e. The first-order valence-corrected chi connectivity index (χ1v) is 9.63. The van der Waals surface area contributed by atoms with Gasteiger partial charge in [0, 0.05) is 19.1 Å². The Labute approximate surface area is 181 Å². The number of aromatic nitrogens is 4. The molecule has 0 spiro atoms. The standard InChI is InChI=1S/C21H18ClN5O4/c1-25-18-17(19(28)26(2)21(25)29)27(12-14-7-3-4-9-16(14)22)20(24-18)31-15-8-5-6-13(10-15)11-23-30/h3-11,30H,12H2,1-2H3/b23-11-. The summed E-state index contributed by atoms with van der Waals surface area (Å²) in [7, 11) is 2.95. The number of benzene rings is 2. The van der Waals surface area contributed by atoms with Gasteiger partial charge in [-0.25, -0.2) is 4.79 Å². The lowest BCUT2D eigenvalue weighted by Crippen LogP contribution is -2.37. The number of nitrogens with zero attached hydrogens (tertiary/aromatic N) is 5. The van der Waals surface area contributed by atoms with Gasteiger partial charge in [-0.2, -0.15) is 4.98 Å². The van der Waals surface area contributed by atoms with Gasteiger partial charge in [-0.3, -0.25) is 18.5 Å². The topological polar surface area (TPSA) is 104 Å². The van der Waals surface area contributed by atoms with Crippen molar-refractivity contribution in [1.29, 1.82) is 0 Å². The summed E-state index contributed by atoms with van der Waals surface area (Å²) in [5.74, 6) is 0.412. The van der Waals surface area contributed by atoms with Crippen molar-refractivity contribution in [3.05, 3.63) is 85.5 Å². The molecule has 0 aliphatic heterocycles. The molecule has 0 saturated heterocycles. The number of oxime groups is 1. The molecule has 4 rings (SSSR count). The van der Waals surface area contributed by atoms with Gasteiger partial charge in [-0.1, -0.05) is 47.1 Å². The van der Waals surface area contributed by atoms with Crippen molar-refractivity contribution in [2.75, 3.05) is 0 Å². The third-order valence-corrected chi connectivity index (χ3v) is 5.24. The zero-order valence-corrected chi connectivity index (χ0v) is 17.4. The molecule has 2 heterocycles. The van der Waals surface area contributed by atoms with E-state index in [1.54, 1.807) is 41.9 Å². The van der Waals surface area contributed by atoms with Crippen molar-refractivity contribution in [3.8, 4) is 11.8 Å². The van der Waals surface area contributed by atoms with E-state index in [-0.39, 0.29) is 23.7 Å². The normalized spacial score (nSPS) is 11.5. The molecular formula is C21H18ClN5O4. The molecule has 0 fully saturated rings. The summed E-state index contributed by atoms with van der Waals surface area (Å²) in [5, 5.41) is 12.3. The van der Waals surface area contributed by atoms with Crippen molar-refractivity contribution in [1.82, 2.24) is 18.7 Å². The molecule has 0 amide bonds. The van der Waals surface area contributed by atoms with Crippen molar-refractivity contribution < 1.29 is 9.94 Å². The highest BCUT2D eigenvalue weighted by molar-refractivity contribution is 6.31. The molecule has 4 aromatic rings. The molecule has 9 nitrogen and oxygen atoms in total. The van der Waals surface area contributed by atoms with Crippen LogP contribution in [-0.2, 0) is 20.6 Å². The first kappa shape index (κ1) is 20.4. The lowest BCUT2D eigenvalue weighted by molar-refractivity contribution is 0.322. The number of ether oxygens (including phenoxy) is 1. The van der Waals surface area contributed by atoms with Gasteiger partial charge in [-0.15, -0.1) is 0 Å². The average Bonchev–Trinajstić information content (AvgIpc) is 3.11. The number of imidazole rings is 1. The Balaban J connectivity index is 1.94. The van der Waals surface area contributed by atoms with Crippen LogP contribution >= 0.6 is 11.6 Å². The van der Waals surface area contributed by atoms with Crippen LogP contribution < -0.4 is 16.0 Å². The summed E-state index contributed by atoms with van der Waals surface area (Å²) in [6, 6.07) is 14.2. The van der Waals surface area contributed by atoms with Crippen LogP contribution in [0.2, 0.25) is 5.02 Å². The quantitative estimate of drug-likeness (QED) is 0.292. The molecule has 158 valence electrons. The number of fused-ring (bicyclic) bond motifs is 1. The maximum Gasteiger partial charge on any atom is 0.332 e. The number of aryl methyl sites for hydroxylation is 1. The van der Waals surface area contributed by atoms with E-state index in [0.29, 0.717) is 16.3 Å². The third-order valence-electron chi connectivity index (χ3n) is 4.87. The van der Waals surface area contributed by atoms with Gasteiger partial charge in [0.15, 0.2) is 11.2 Å². The second-order valence-electron chi connectivity index (χ2n) is 6.87. The molecule has 0 saturated carbocycles. The predicted molar refractivity (Wildman–Crippen MR) is 117 cm³/mol. The van der Waals surface area contributed by atoms with Gasteiger partial charge in [0.1, 0.15) is 5.75 Å². The van der Waals surface area contributed by atoms with Crippen LogP contribution in [0.1, 0.15) is 11.1 Å². The average molecular weight is 440 g/mol. The zero-order valence-electron chi connectivity index (χ0n) is 16.7. The summed E-state index contributed by atoms with van der Waals surface area (Å²) >= 11 is 6.34. The lowest BCUT2D eigenvalue weighted by Gasteiger charge is -2.11. The Bertz CT molecular complexity index is 1430. The molecule has 0 unspecified atom stereocenters. The zero-order chi connectivity index (χ0) is 22.1. The van der Waals surface area contributed by atoms with Gasteiger partial charge in [0.25, 0.3) is 5.56 Å². The molecule has 0 aliphatic rings. The molecule has 2 aromatic carbocycles. The highest BCUT2D eigenvalue weighted by Gasteiger charge is 2.21. The minimum atomic E-state index is -0.493. The highest BCUT2D eigenvalue weighted by Crippen LogP contribution is 2.27. The molecule has 2 aromatic heterocycles. The van der Waals surface area contributed by atoms with E-state index >= 15 is 0 Å². The summed E-state index contributed by atoms with van der Waals surface area (Å²) in [6.07, 6.45) is 1.26. The Kier molecular flexibility index (Phi) is 5.35. The Morgan fingerprint density at radius 3 is 2.65 bits per heavy atom. The Morgan fingerprint density at radius 2 is 1.90 bits per heavy atom. The van der Waals surface area contributed by atoms with Crippen LogP contribution in [0.15, 0.2) is 63.3 Å². The Hall–Kier alpha value is -3.85. The first-order valence-electron chi connectivity index (χ1n) is 9.25. The number of halogens is 1. The lowest BCUT2D eigenvalue weighted by atomic mass is 10.2. The van der Waals surface area contributed by atoms with E-state index < -0.39 is 11.2 Å². The SMILES string of the molecule is Cn1c(=O)c2c(nc(Oc3cccc(/C=N\O)c3)n2Cc2ccccc2Cl)n(C)c1=O. The summed E-state index contributed by atoms with van der Waals surface area (Å²) in [6.45, 7) is 0.205. The fourth-order valence-corrected chi connectivity index (χ4v) is 3.47. The minimum Gasteiger partial charge on any atom is -0.425 e. The van der Waals surface area contributed by atoms with Crippen LogP contribution in [-0.4, -0.2) is 30.1 Å². The van der Waals surface area contributed by atoms with Gasteiger partial charge in [-0.05, 0) is 29.3 Å². The predicted octanol–water partition coefficient (Wildman–Crippen LogP) is 2.74. The van der Waals surface area contributed by atoms with E-state index in [1.165, 1.54) is 17.8 Å². The second-order valence-corrected chi connectivity index (χ2v) is 7.28. The van der Waals surface area contributed by atoms with Gasteiger partial charge >= 0.3 is 11.7 Å². The summed E-state index contributed by atoms with van der Waals surface area (Å²) < 4.78 is 9.89. The molecule has 0 bridgehead atoms. The molecule has 0 atom stereocenters. The number of rotatable bonds is 5. The van der Waals surface area contributed by atoms with Crippen LogP contribution in [0, 0.1) is 0 Å². The largest absolute Gasteiger partial charge is 0.425 e. The van der Waals surface area contributed by atoms with Crippen molar-refractivity contribution in [3.63, 3.8) is 0 Å². The fraction of sp³-hybridized carbons (Fsp3) is 0.143. The van der Waals surface area contributed by atoms with Crippen molar-refractivity contribution in [2.24, 2.45) is 19.3 Å². The molecule has 1 N–H and O–H groups in total. The number of hydrogen-bond donors (Lipinski definition) is 1. The summed E-state index contributed by atoms with van der Waals surface area (Å²) in [4.78, 5) is 29.8.